The number of aldehydes is 1. The van der Waals surface area contributed by atoms with Crippen molar-refractivity contribution in [2.24, 2.45) is 29.6 Å². The van der Waals surface area contributed by atoms with Crippen LogP contribution in [0.15, 0.2) is 42.0 Å². The monoisotopic (exact) mass is 662 g/mol. The summed E-state index contributed by atoms with van der Waals surface area (Å²) >= 11 is 0. The summed E-state index contributed by atoms with van der Waals surface area (Å²) in [7, 11) is -4.19. The Morgan fingerprint density at radius 2 is 1.29 bits per heavy atom. The molecule has 0 unspecified atom stereocenters. The summed E-state index contributed by atoms with van der Waals surface area (Å²) in [6.07, 6.45) is 3.37. The third-order valence-corrected chi connectivity index (χ3v) is 19.6. The predicted molar refractivity (Wildman–Crippen MR) is 197 cm³/mol. The summed E-state index contributed by atoms with van der Waals surface area (Å²) in [5.74, 6) is -0.00869. The summed E-state index contributed by atoms with van der Waals surface area (Å²) < 4.78 is 20.0. The minimum absolute atomic E-state index is 0.0313. The van der Waals surface area contributed by atoms with Gasteiger partial charge in [0.2, 0.25) is 0 Å². The lowest BCUT2D eigenvalue weighted by atomic mass is 9.82. The van der Waals surface area contributed by atoms with Gasteiger partial charge in [0.05, 0.1) is 31.5 Å². The van der Waals surface area contributed by atoms with E-state index in [0.29, 0.717) is 13.2 Å². The fraction of sp³-hybridized carbons (Fsp3) is 0.763. The van der Waals surface area contributed by atoms with Crippen LogP contribution in [0, 0.1) is 29.6 Å². The lowest BCUT2D eigenvalue weighted by Crippen LogP contribution is -2.50. The Labute approximate surface area is 280 Å². The number of ether oxygens (including phenoxy) is 1. The van der Waals surface area contributed by atoms with Gasteiger partial charge in [-0.3, -0.25) is 0 Å². The highest BCUT2D eigenvalue weighted by Crippen LogP contribution is 2.42. The molecule has 1 N–H and O–H groups in total. The first kappa shape index (κ1) is 41.9. The highest BCUT2D eigenvalue weighted by atomic mass is 28.4. The maximum Gasteiger partial charge on any atom is 0.192 e. The molecular formula is C38H70O5Si2. The molecule has 0 spiro atoms. The van der Waals surface area contributed by atoms with Gasteiger partial charge in [-0.15, -0.1) is 0 Å². The average molecular weight is 663 g/mol. The maximum absolute atomic E-state index is 12.0. The standard InChI is InChI=1S/C38H70O5Si2/c1-27(22-28(2)35(30(4)24-39)42-44(13,14)37(7,8)9)23-29(3)36(43-45(15,16)38(10,11)12)32(6)34(40)31(5)25-41-26-33-20-18-17-19-21-33/h17-22,24,28-32,34-36,40H,23,25-26H2,1-16H3/b27-22-/t28-,29-,30-,31-,32+,34-,35+,36+/m0/s1. The van der Waals surface area contributed by atoms with Gasteiger partial charge in [-0.25, -0.2) is 0 Å². The first-order valence-electron chi connectivity index (χ1n) is 17.2. The maximum atomic E-state index is 12.0. The second-order valence-corrected chi connectivity index (χ2v) is 26.6. The Morgan fingerprint density at radius 1 is 0.800 bits per heavy atom. The molecule has 7 heteroatoms. The Hall–Kier alpha value is -1.10. The minimum Gasteiger partial charge on any atom is -0.413 e. The van der Waals surface area contributed by atoms with Crippen LogP contribution >= 0.6 is 0 Å². The van der Waals surface area contributed by atoms with Gasteiger partial charge in [0.25, 0.3) is 0 Å². The first-order chi connectivity index (χ1) is 20.4. The van der Waals surface area contributed by atoms with Gasteiger partial charge >= 0.3 is 0 Å². The molecular weight excluding hydrogens is 593 g/mol. The van der Waals surface area contributed by atoms with Crippen LogP contribution in [0.2, 0.25) is 36.3 Å². The van der Waals surface area contributed by atoms with Crippen LogP contribution in [0.1, 0.15) is 95.1 Å². The summed E-state index contributed by atoms with van der Waals surface area (Å²) in [6, 6.07) is 10.2. The minimum atomic E-state index is -2.13. The van der Waals surface area contributed by atoms with E-state index in [0.717, 1.165) is 18.3 Å². The van der Waals surface area contributed by atoms with Crippen LogP contribution < -0.4 is 0 Å². The van der Waals surface area contributed by atoms with E-state index in [-0.39, 0.29) is 51.9 Å². The molecule has 0 saturated carbocycles. The van der Waals surface area contributed by atoms with Crippen LogP contribution in [-0.2, 0) is 25.0 Å². The molecule has 0 aromatic heterocycles. The normalized spacial score (nSPS) is 19.3. The largest absolute Gasteiger partial charge is 0.413 e. The van der Waals surface area contributed by atoms with Crippen molar-refractivity contribution in [1.29, 1.82) is 0 Å². The highest BCUT2D eigenvalue weighted by molar-refractivity contribution is 6.74. The zero-order chi connectivity index (χ0) is 35.0. The fourth-order valence-corrected chi connectivity index (χ4v) is 8.47. The average Bonchev–Trinajstić information content (AvgIpc) is 2.92. The van der Waals surface area contributed by atoms with Crippen molar-refractivity contribution in [1.82, 2.24) is 0 Å². The zero-order valence-corrected chi connectivity index (χ0v) is 33.9. The molecule has 0 aliphatic carbocycles. The lowest BCUT2D eigenvalue weighted by molar-refractivity contribution is -0.113. The molecule has 0 amide bonds. The van der Waals surface area contributed by atoms with E-state index >= 15 is 0 Å². The third kappa shape index (κ3) is 12.8. The van der Waals surface area contributed by atoms with Gasteiger partial charge in [0.15, 0.2) is 16.6 Å². The fourth-order valence-electron chi connectivity index (χ4n) is 5.53. The molecule has 45 heavy (non-hydrogen) atoms. The molecule has 5 nitrogen and oxygen atoms in total. The predicted octanol–water partition coefficient (Wildman–Crippen LogP) is 10.1. The Morgan fingerprint density at radius 3 is 1.76 bits per heavy atom. The Kier molecular flexibility index (Phi) is 16.2. The van der Waals surface area contributed by atoms with E-state index in [2.05, 4.69) is 121 Å². The van der Waals surface area contributed by atoms with Gasteiger partial charge in [0.1, 0.15) is 6.29 Å². The third-order valence-electron chi connectivity index (χ3n) is 10.6. The number of allylic oxidation sites excluding steroid dienone is 1. The van der Waals surface area contributed by atoms with Gasteiger partial charge in [0, 0.05) is 17.8 Å². The Bertz CT molecular complexity index is 1040. The van der Waals surface area contributed by atoms with Gasteiger partial charge < -0.3 is 23.5 Å². The van der Waals surface area contributed by atoms with E-state index in [1.807, 2.05) is 25.1 Å². The molecule has 0 fully saturated rings. The number of carbonyl (C=O) groups is 1. The van der Waals surface area contributed by atoms with Crippen molar-refractivity contribution in [3.05, 3.63) is 47.5 Å². The topological polar surface area (TPSA) is 65.0 Å². The van der Waals surface area contributed by atoms with E-state index in [1.165, 1.54) is 5.57 Å². The summed E-state index contributed by atoms with van der Waals surface area (Å²) in [6.45, 7) is 36.5. The molecule has 1 rings (SSSR count). The number of aliphatic hydroxyl groups excluding tert-OH is 1. The quantitative estimate of drug-likeness (QED) is 0.0963. The van der Waals surface area contributed by atoms with E-state index < -0.39 is 22.7 Å². The number of carbonyl (C=O) groups excluding carboxylic acids is 1. The molecule has 0 aliphatic heterocycles. The lowest BCUT2D eigenvalue weighted by Gasteiger charge is -2.44. The second kappa shape index (κ2) is 17.3. The van der Waals surface area contributed by atoms with Crippen molar-refractivity contribution in [3.8, 4) is 0 Å². The number of hydrogen-bond acceptors (Lipinski definition) is 5. The number of benzene rings is 1. The van der Waals surface area contributed by atoms with Crippen LogP contribution in [-0.4, -0.2) is 52.9 Å². The second-order valence-electron chi connectivity index (χ2n) is 17.1. The van der Waals surface area contributed by atoms with E-state index in [9.17, 15) is 9.90 Å². The van der Waals surface area contributed by atoms with E-state index in [1.54, 1.807) is 0 Å². The molecule has 0 bridgehead atoms. The molecule has 1 aromatic rings. The van der Waals surface area contributed by atoms with E-state index in [4.69, 9.17) is 13.6 Å². The van der Waals surface area contributed by atoms with Gasteiger partial charge in [-0.2, -0.15) is 0 Å². The van der Waals surface area contributed by atoms with Crippen LogP contribution in [0.3, 0.4) is 0 Å². The molecule has 8 atom stereocenters. The van der Waals surface area contributed by atoms with Crippen LogP contribution in [0.5, 0.6) is 0 Å². The molecule has 0 heterocycles. The Balaban J connectivity index is 3.19. The van der Waals surface area contributed by atoms with Crippen molar-refractivity contribution in [3.63, 3.8) is 0 Å². The molecule has 1 aromatic carbocycles. The smallest absolute Gasteiger partial charge is 0.192 e. The van der Waals surface area contributed by atoms with Crippen LogP contribution in [0.4, 0.5) is 0 Å². The number of hydrogen-bond donors (Lipinski definition) is 1. The number of aliphatic hydroxyl groups is 1. The molecule has 260 valence electrons. The van der Waals surface area contributed by atoms with Crippen molar-refractivity contribution in [2.75, 3.05) is 6.61 Å². The SMILES string of the molecule is C/C(=C/[C@H](C)[C@@H](O[Si](C)(C)C(C)(C)C)[C@@H](C)C=O)C[C@H](C)[C@@H](O[Si](C)(C)C(C)(C)C)[C@H](C)[C@@H](O)[C@@H](C)COCc1ccccc1. The molecule has 0 saturated heterocycles. The van der Waals surface area contributed by atoms with Crippen molar-refractivity contribution >= 4 is 22.9 Å². The van der Waals surface area contributed by atoms with Gasteiger partial charge in [-0.05, 0) is 67.0 Å². The van der Waals surface area contributed by atoms with Gasteiger partial charge in [-0.1, -0.05) is 118 Å². The summed E-state index contributed by atoms with van der Waals surface area (Å²) in [5, 5.41) is 11.7. The van der Waals surface area contributed by atoms with Crippen molar-refractivity contribution in [2.45, 2.75) is 151 Å². The first-order valence-corrected chi connectivity index (χ1v) is 23.0. The van der Waals surface area contributed by atoms with Crippen molar-refractivity contribution < 1.29 is 23.5 Å². The summed E-state index contributed by atoms with van der Waals surface area (Å²) in [5.41, 5.74) is 2.40. The highest BCUT2D eigenvalue weighted by Gasteiger charge is 2.44. The van der Waals surface area contributed by atoms with Crippen LogP contribution in [0.25, 0.3) is 0 Å². The zero-order valence-electron chi connectivity index (χ0n) is 31.9. The number of rotatable bonds is 18. The molecule has 0 radical (unpaired) electrons. The summed E-state index contributed by atoms with van der Waals surface area (Å²) in [4.78, 5) is 12.0. The molecule has 0 aliphatic rings.